The van der Waals surface area contributed by atoms with Crippen molar-refractivity contribution in [1.82, 2.24) is 13.7 Å². The van der Waals surface area contributed by atoms with E-state index in [2.05, 4.69) is 4.98 Å². The normalized spacial score (nSPS) is 12.5. The summed E-state index contributed by atoms with van der Waals surface area (Å²) in [6.07, 6.45) is 0. The van der Waals surface area contributed by atoms with Gasteiger partial charge in [0.15, 0.2) is 5.03 Å². The third kappa shape index (κ3) is 1.73. The lowest BCUT2D eigenvalue weighted by Crippen LogP contribution is -2.22. The fourth-order valence-corrected chi connectivity index (χ4v) is 2.85. The highest BCUT2D eigenvalue weighted by molar-refractivity contribution is 7.89. The summed E-state index contributed by atoms with van der Waals surface area (Å²) in [7, 11) is -0.487. The Labute approximate surface area is 101 Å². The van der Waals surface area contributed by atoms with E-state index in [4.69, 9.17) is 0 Å². The lowest BCUT2D eigenvalue weighted by molar-refractivity contribution is 0.518. The molecule has 0 amide bonds. The number of aryl methyl sites for hydroxylation is 2. The molecule has 0 aliphatic heterocycles. The van der Waals surface area contributed by atoms with Gasteiger partial charge in [0, 0.05) is 19.8 Å². The van der Waals surface area contributed by atoms with Crippen LogP contribution in [0, 0.1) is 13.8 Å². The predicted octanol–water partition coefficient (Wildman–Crippen LogP) is 1.20. The molecule has 2 rings (SSSR count). The first kappa shape index (κ1) is 12.1. The topological polar surface area (TPSA) is 54.7 Å². The van der Waals surface area contributed by atoms with Crippen molar-refractivity contribution in [2.45, 2.75) is 18.9 Å². The molecule has 0 spiro atoms. The molecule has 6 heteroatoms. The van der Waals surface area contributed by atoms with Crippen LogP contribution in [0.2, 0.25) is 0 Å². The maximum atomic E-state index is 12.1. The molecule has 0 fully saturated rings. The smallest absolute Gasteiger partial charge is 0.262 e. The third-order valence-electron chi connectivity index (χ3n) is 2.72. The molecule has 0 aliphatic rings. The number of rotatable bonds is 2. The van der Waals surface area contributed by atoms with Gasteiger partial charge in [-0.25, -0.2) is 17.7 Å². The highest BCUT2D eigenvalue weighted by Gasteiger charge is 2.24. The second kappa shape index (κ2) is 3.82. The second-order valence-corrected chi connectivity index (χ2v) is 6.21. The first-order valence-electron chi connectivity index (χ1n) is 5.23. The Morgan fingerprint density at radius 2 is 1.88 bits per heavy atom. The van der Waals surface area contributed by atoms with Crippen LogP contribution in [-0.2, 0) is 10.0 Å². The molecular weight excluding hydrogens is 238 g/mol. The van der Waals surface area contributed by atoms with Crippen molar-refractivity contribution in [3.63, 3.8) is 0 Å². The molecule has 0 N–H and O–H groups in total. The number of hydrogen-bond donors (Lipinski definition) is 0. The average molecular weight is 253 g/mol. The lowest BCUT2D eigenvalue weighted by Gasteiger charge is -2.09. The molecule has 2 heterocycles. The van der Waals surface area contributed by atoms with E-state index in [1.54, 1.807) is 13.0 Å². The maximum Gasteiger partial charge on any atom is 0.262 e. The van der Waals surface area contributed by atoms with E-state index in [1.807, 2.05) is 23.5 Å². The summed E-state index contributed by atoms with van der Waals surface area (Å²) in [5.74, 6) is 0.679. The summed E-state index contributed by atoms with van der Waals surface area (Å²) in [4.78, 5) is 4.18. The van der Waals surface area contributed by atoms with Crippen LogP contribution < -0.4 is 0 Å². The minimum absolute atomic E-state index is 0.115. The van der Waals surface area contributed by atoms with Gasteiger partial charge in [0.2, 0.25) is 0 Å². The first-order valence-corrected chi connectivity index (χ1v) is 6.67. The van der Waals surface area contributed by atoms with Crippen molar-refractivity contribution in [2.24, 2.45) is 0 Å². The van der Waals surface area contributed by atoms with E-state index in [-0.39, 0.29) is 5.03 Å². The van der Waals surface area contributed by atoms with E-state index >= 15 is 0 Å². The van der Waals surface area contributed by atoms with Crippen LogP contribution in [0.25, 0.3) is 5.52 Å². The van der Waals surface area contributed by atoms with Crippen LogP contribution in [0.4, 0.5) is 0 Å². The molecule has 0 bridgehead atoms. The van der Waals surface area contributed by atoms with Crippen LogP contribution in [0.3, 0.4) is 0 Å². The number of sulfonamides is 1. The minimum Gasteiger partial charge on any atom is -0.300 e. The summed E-state index contributed by atoms with van der Waals surface area (Å²) in [5, 5.41) is 0.115. The molecule has 17 heavy (non-hydrogen) atoms. The lowest BCUT2D eigenvalue weighted by atomic mass is 10.3. The Morgan fingerprint density at radius 3 is 2.47 bits per heavy atom. The zero-order valence-corrected chi connectivity index (χ0v) is 11.1. The van der Waals surface area contributed by atoms with Gasteiger partial charge in [0.1, 0.15) is 5.82 Å². The van der Waals surface area contributed by atoms with Gasteiger partial charge in [-0.2, -0.15) is 0 Å². The van der Waals surface area contributed by atoms with Gasteiger partial charge >= 0.3 is 0 Å². The number of nitrogens with zero attached hydrogens (tertiary/aromatic N) is 3. The Morgan fingerprint density at radius 1 is 1.24 bits per heavy atom. The van der Waals surface area contributed by atoms with Crippen LogP contribution in [-0.4, -0.2) is 36.2 Å². The Balaban J connectivity index is 2.87. The Hall–Kier alpha value is -1.40. The van der Waals surface area contributed by atoms with E-state index in [0.717, 1.165) is 5.69 Å². The van der Waals surface area contributed by atoms with Gasteiger partial charge < -0.3 is 0 Å². The molecule has 0 atom stereocenters. The van der Waals surface area contributed by atoms with Crippen molar-refractivity contribution in [2.75, 3.05) is 14.1 Å². The molecule has 0 aliphatic carbocycles. The van der Waals surface area contributed by atoms with Crippen LogP contribution in [0.1, 0.15) is 11.5 Å². The summed E-state index contributed by atoms with van der Waals surface area (Å²) >= 11 is 0. The molecule has 92 valence electrons. The Kier molecular flexibility index (Phi) is 2.71. The van der Waals surface area contributed by atoms with E-state index in [0.29, 0.717) is 11.3 Å². The molecule has 2 aromatic heterocycles. The van der Waals surface area contributed by atoms with Crippen molar-refractivity contribution in [3.8, 4) is 0 Å². The van der Waals surface area contributed by atoms with Gasteiger partial charge in [-0.3, -0.25) is 4.40 Å². The van der Waals surface area contributed by atoms with Crippen molar-refractivity contribution >= 4 is 15.5 Å². The zero-order chi connectivity index (χ0) is 12.8. The van der Waals surface area contributed by atoms with Crippen LogP contribution >= 0.6 is 0 Å². The molecule has 0 saturated carbocycles. The number of imidazole rings is 1. The summed E-state index contributed by atoms with van der Waals surface area (Å²) in [5.41, 5.74) is 1.59. The largest absolute Gasteiger partial charge is 0.300 e. The Bertz CT molecular complexity index is 671. The highest BCUT2D eigenvalue weighted by Crippen LogP contribution is 2.21. The van der Waals surface area contributed by atoms with E-state index < -0.39 is 10.0 Å². The minimum atomic E-state index is -3.50. The van der Waals surface area contributed by atoms with Gasteiger partial charge in [-0.1, -0.05) is 6.07 Å². The van der Waals surface area contributed by atoms with Crippen molar-refractivity contribution in [3.05, 3.63) is 29.7 Å². The van der Waals surface area contributed by atoms with E-state index in [1.165, 1.54) is 18.4 Å². The molecular formula is C11H15N3O2S. The zero-order valence-electron chi connectivity index (χ0n) is 10.3. The summed E-state index contributed by atoms with van der Waals surface area (Å²) in [6.45, 7) is 3.72. The predicted molar refractivity (Wildman–Crippen MR) is 65.5 cm³/mol. The van der Waals surface area contributed by atoms with Gasteiger partial charge in [-0.15, -0.1) is 0 Å². The number of fused-ring (bicyclic) bond motifs is 1. The molecule has 2 aromatic rings. The van der Waals surface area contributed by atoms with Gasteiger partial charge in [0.25, 0.3) is 10.0 Å². The van der Waals surface area contributed by atoms with Crippen molar-refractivity contribution < 1.29 is 8.42 Å². The number of hydrogen-bond acceptors (Lipinski definition) is 3. The van der Waals surface area contributed by atoms with Gasteiger partial charge in [0.05, 0.1) is 5.52 Å². The molecule has 5 nitrogen and oxygen atoms in total. The second-order valence-electron chi connectivity index (χ2n) is 4.14. The van der Waals surface area contributed by atoms with Crippen LogP contribution in [0.5, 0.6) is 0 Å². The average Bonchev–Trinajstić information content (AvgIpc) is 2.58. The highest BCUT2D eigenvalue weighted by atomic mass is 32.2. The molecule has 0 radical (unpaired) electrons. The summed E-state index contributed by atoms with van der Waals surface area (Å²) in [6, 6.07) is 5.53. The standard InChI is InChI=1S/C11H15N3O2S/c1-8-6-5-7-10-11(12-9(2)14(8)10)17(15,16)13(3)4/h5-7H,1-4H3. The quantitative estimate of drug-likeness (QED) is 0.808. The molecule has 0 aromatic carbocycles. The van der Waals surface area contributed by atoms with E-state index in [9.17, 15) is 8.42 Å². The SMILES string of the molecule is Cc1cccc2c(S(=O)(=O)N(C)C)nc(C)n12. The fourth-order valence-electron chi connectivity index (χ4n) is 1.83. The number of aromatic nitrogens is 2. The third-order valence-corrected chi connectivity index (χ3v) is 4.47. The maximum absolute atomic E-state index is 12.1. The van der Waals surface area contributed by atoms with Gasteiger partial charge in [-0.05, 0) is 26.0 Å². The monoisotopic (exact) mass is 253 g/mol. The molecule has 0 unspecified atom stereocenters. The number of pyridine rings is 1. The summed E-state index contributed by atoms with van der Waals surface area (Å²) < 4.78 is 27.3. The molecule has 0 saturated heterocycles. The van der Waals surface area contributed by atoms with Crippen LogP contribution in [0.15, 0.2) is 23.2 Å². The fraction of sp³-hybridized carbons (Fsp3) is 0.364. The first-order chi connectivity index (χ1) is 7.85. The van der Waals surface area contributed by atoms with Crippen molar-refractivity contribution in [1.29, 1.82) is 0 Å².